The van der Waals surface area contributed by atoms with Gasteiger partial charge in [-0.15, -0.1) is 0 Å². The number of fused-ring (bicyclic) bond motifs is 2. The molecule has 3 unspecified atom stereocenters. The average Bonchev–Trinajstić information content (AvgIpc) is 3.58. The fraction of sp³-hybridized carbons (Fsp3) is 0.421. The van der Waals surface area contributed by atoms with Crippen molar-refractivity contribution in [1.82, 2.24) is 30.1 Å². The Labute approximate surface area is 308 Å². The number of piperazine rings is 1. The lowest BCUT2D eigenvalue weighted by Crippen LogP contribution is -2.62. The maximum absolute atomic E-state index is 13.3. The highest BCUT2D eigenvalue weighted by atomic mass is 79.9. The Kier molecular flexibility index (Phi) is 14.1. The smallest absolute Gasteiger partial charge is 0.411 e. The molecule has 1 amide bonds. The molecule has 2 aromatic heterocycles. The minimum Gasteiger partial charge on any atom is -0.444 e. The van der Waals surface area contributed by atoms with Crippen LogP contribution >= 0.6 is 27.5 Å². The summed E-state index contributed by atoms with van der Waals surface area (Å²) in [5.74, 6) is -0.133. The van der Waals surface area contributed by atoms with Crippen molar-refractivity contribution in [3.05, 3.63) is 116 Å². The number of aliphatic hydroxyl groups is 1. The molecule has 6 rings (SSSR count). The Morgan fingerprint density at radius 3 is 2.48 bits per heavy atom. The molecule has 1 saturated heterocycles. The Hall–Kier alpha value is -3.61. The molecule has 3 N–H and O–H groups in total. The Bertz CT molecular complexity index is 1620. The molecule has 0 radical (unpaired) electrons. The van der Waals surface area contributed by atoms with E-state index >= 15 is 0 Å². The molecule has 2 aliphatic rings. The SMILES string of the molecule is C=O.C[C@H](CNC1CN(C2c3ccc(Cl)cc3CCc3cc(Br)cnc32)CCN1C(=O)OC(C)(C)C)C(O)c1cnc[nH]1.Cc1ccccc1. The summed E-state index contributed by atoms with van der Waals surface area (Å²) in [5.41, 5.74) is 6.01. The summed E-state index contributed by atoms with van der Waals surface area (Å²) in [6.07, 6.45) is 5.39. The Balaban J connectivity index is 0.000000549. The van der Waals surface area contributed by atoms with E-state index in [1.165, 1.54) is 22.3 Å². The maximum atomic E-state index is 13.3. The number of imidazole rings is 1. The fourth-order valence-electron chi connectivity index (χ4n) is 6.24. The number of amides is 1. The zero-order valence-electron chi connectivity index (χ0n) is 29.4. The zero-order chi connectivity index (χ0) is 36.4. The zero-order valence-corrected chi connectivity index (χ0v) is 31.7. The van der Waals surface area contributed by atoms with Crippen molar-refractivity contribution in [2.75, 3.05) is 26.2 Å². The van der Waals surface area contributed by atoms with Gasteiger partial charge in [0.15, 0.2) is 0 Å². The second-order valence-electron chi connectivity index (χ2n) is 13.6. The molecule has 1 aliphatic carbocycles. The number of H-pyrrole nitrogens is 1. The van der Waals surface area contributed by atoms with Crippen molar-refractivity contribution in [2.24, 2.45) is 5.92 Å². The first-order valence-electron chi connectivity index (χ1n) is 16.8. The van der Waals surface area contributed by atoms with Gasteiger partial charge in [-0.2, -0.15) is 0 Å². The minimum absolute atomic E-state index is 0.0917. The molecule has 0 saturated carbocycles. The lowest BCUT2D eigenvalue weighted by molar-refractivity contribution is -0.0980. The average molecular weight is 768 g/mol. The van der Waals surface area contributed by atoms with Crippen LogP contribution in [0.3, 0.4) is 0 Å². The second-order valence-corrected chi connectivity index (χ2v) is 15.0. The molecule has 268 valence electrons. The van der Waals surface area contributed by atoms with E-state index in [0.717, 1.165) is 28.0 Å². The van der Waals surface area contributed by atoms with Crippen molar-refractivity contribution in [1.29, 1.82) is 0 Å². The van der Waals surface area contributed by atoms with Gasteiger partial charge >= 0.3 is 6.09 Å². The number of hydrogen-bond acceptors (Lipinski definition) is 8. The lowest BCUT2D eigenvalue weighted by Gasteiger charge is -2.45. The van der Waals surface area contributed by atoms with Crippen LogP contribution in [0.25, 0.3) is 0 Å². The molecule has 12 heteroatoms. The van der Waals surface area contributed by atoms with Gasteiger partial charge in [-0.05, 0) is 91.4 Å². The third kappa shape index (κ3) is 10.5. The lowest BCUT2D eigenvalue weighted by atomic mass is 9.95. The van der Waals surface area contributed by atoms with Crippen LogP contribution in [0.1, 0.15) is 73.5 Å². The number of aromatic nitrogens is 3. The molecule has 2 aromatic carbocycles. The highest BCUT2D eigenvalue weighted by Crippen LogP contribution is 2.38. The number of pyridine rings is 1. The largest absolute Gasteiger partial charge is 0.444 e. The van der Waals surface area contributed by atoms with E-state index in [1.807, 2.05) is 64.9 Å². The first-order valence-corrected chi connectivity index (χ1v) is 17.9. The van der Waals surface area contributed by atoms with Gasteiger partial charge in [-0.25, -0.2) is 9.78 Å². The van der Waals surface area contributed by atoms with E-state index < -0.39 is 11.7 Å². The van der Waals surface area contributed by atoms with Crippen molar-refractivity contribution >= 4 is 40.4 Å². The highest BCUT2D eigenvalue weighted by molar-refractivity contribution is 9.10. The van der Waals surface area contributed by atoms with Gasteiger partial charge in [0.2, 0.25) is 0 Å². The minimum atomic E-state index is -0.715. The van der Waals surface area contributed by atoms with Gasteiger partial charge in [-0.1, -0.05) is 60.5 Å². The number of nitrogens with zero attached hydrogens (tertiary/aromatic N) is 4. The quantitative estimate of drug-likeness (QED) is 0.191. The highest BCUT2D eigenvalue weighted by Gasteiger charge is 2.39. The number of ether oxygens (including phenoxy) is 1. The number of benzene rings is 2. The molecule has 1 fully saturated rings. The summed E-state index contributed by atoms with van der Waals surface area (Å²) in [6.45, 7) is 13.8. The van der Waals surface area contributed by atoms with Crippen molar-refractivity contribution in [3.8, 4) is 0 Å². The molecule has 10 nitrogen and oxygen atoms in total. The number of aryl methyl sites for hydroxylation is 3. The molecule has 50 heavy (non-hydrogen) atoms. The van der Waals surface area contributed by atoms with Gasteiger partial charge in [0.1, 0.15) is 12.4 Å². The van der Waals surface area contributed by atoms with Crippen molar-refractivity contribution in [3.63, 3.8) is 0 Å². The summed E-state index contributed by atoms with van der Waals surface area (Å²) in [5, 5.41) is 15.1. The predicted octanol–water partition coefficient (Wildman–Crippen LogP) is 7.06. The van der Waals surface area contributed by atoms with E-state index in [2.05, 4.69) is 73.4 Å². The summed E-state index contributed by atoms with van der Waals surface area (Å²) >= 11 is 10.0. The van der Waals surface area contributed by atoms with Gasteiger partial charge < -0.3 is 19.6 Å². The molecule has 4 atom stereocenters. The molecular weight excluding hydrogens is 720 g/mol. The molecule has 3 heterocycles. The number of carbonyl (C=O) groups excluding carboxylic acids is 2. The summed E-state index contributed by atoms with van der Waals surface area (Å²) in [7, 11) is 0. The molecule has 0 spiro atoms. The van der Waals surface area contributed by atoms with Crippen LogP contribution in [0.4, 0.5) is 4.79 Å². The predicted molar refractivity (Wildman–Crippen MR) is 200 cm³/mol. The van der Waals surface area contributed by atoms with Crippen LogP contribution in [-0.2, 0) is 22.4 Å². The Morgan fingerprint density at radius 2 is 1.84 bits per heavy atom. The van der Waals surface area contributed by atoms with Gasteiger partial charge in [0, 0.05) is 47.8 Å². The van der Waals surface area contributed by atoms with Gasteiger partial charge in [-0.3, -0.25) is 20.1 Å². The van der Waals surface area contributed by atoms with Gasteiger partial charge in [0.05, 0.1) is 42.2 Å². The van der Waals surface area contributed by atoms with E-state index in [1.54, 1.807) is 17.4 Å². The van der Waals surface area contributed by atoms with E-state index in [-0.39, 0.29) is 24.2 Å². The third-order valence-electron chi connectivity index (χ3n) is 8.69. The molecule has 4 aromatic rings. The van der Waals surface area contributed by atoms with Crippen LogP contribution in [0.2, 0.25) is 5.02 Å². The van der Waals surface area contributed by atoms with Crippen LogP contribution in [0.15, 0.2) is 77.8 Å². The number of aliphatic hydroxyl groups excluding tert-OH is 1. The summed E-state index contributed by atoms with van der Waals surface area (Å²) in [4.78, 5) is 37.5. The number of halogens is 2. The number of rotatable bonds is 6. The number of nitrogens with one attached hydrogen (secondary N) is 2. The van der Waals surface area contributed by atoms with Crippen LogP contribution < -0.4 is 5.32 Å². The van der Waals surface area contributed by atoms with Crippen LogP contribution in [0.5, 0.6) is 0 Å². The topological polar surface area (TPSA) is 124 Å². The fourth-order valence-corrected chi connectivity index (χ4v) is 6.81. The van der Waals surface area contributed by atoms with Gasteiger partial charge in [0.25, 0.3) is 0 Å². The monoisotopic (exact) mass is 766 g/mol. The van der Waals surface area contributed by atoms with E-state index in [9.17, 15) is 9.90 Å². The van der Waals surface area contributed by atoms with Crippen molar-refractivity contribution < 1.29 is 19.4 Å². The van der Waals surface area contributed by atoms with E-state index in [0.29, 0.717) is 31.9 Å². The maximum Gasteiger partial charge on any atom is 0.411 e. The molecule has 0 bridgehead atoms. The second kappa shape index (κ2) is 18.1. The number of carbonyl (C=O) groups is 2. The first kappa shape index (κ1) is 39.2. The number of hydrogen-bond donors (Lipinski definition) is 3. The molecule has 1 aliphatic heterocycles. The standard InChI is InChI=1S/C30H38BrClN6O3.C7H8.CH2O/c1-18(28(39)24-15-33-17-36-24)13-34-25-16-37(9-10-38(25)29(40)41-30(2,3)4)27-23-8-7-22(32)12-19(23)5-6-20-11-21(31)14-35-26(20)27;1-7-5-3-2-4-6-7;1-2/h7-8,11-12,14-15,17-18,25,27-28,34,39H,5-6,9-10,13,16H2,1-4H3,(H,33,36);2-6H,1H3;1H2/t18-,25?,27?,28?;;/m1../s1. The third-order valence-corrected chi connectivity index (χ3v) is 9.36. The normalized spacial score (nSPS) is 18.5. The van der Waals surface area contributed by atoms with E-state index in [4.69, 9.17) is 26.1 Å². The summed E-state index contributed by atoms with van der Waals surface area (Å²) in [6, 6.07) is 18.5. The first-order chi connectivity index (χ1) is 23.9. The summed E-state index contributed by atoms with van der Waals surface area (Å²) < 4.78 is 6.75. The van der Waals surface area contributed by atoms with Crippen LogP contribution in [0, 0.1) is 12.8 Å². The Morgan fingerprint density at radius 1 is 1.12 bits per heavy atom. The van der Waals surface area contributed by atoms with Crippen LogP contribution in [-0.4, -0.2) is 80.7 Å². The number of aromatic amines is 1. The molecular formula is C38H48BrClN6O4. The van der Waals surface area contributed by atoms with Crippen molar-refractivity contribution in [2.45, 2.75) is 71.4 Å².